The van der Waals surface area contributed by atoms with E-state index in [2.05, 4.69) is 10.8 Å². The number of thioether (sulfide) groups is 1. The van der Waals surface area contributed by atoms with Gasteiger partial charge in [-0.3, -0.25) is 0 Å². The molecule has 3 aliphatic rings. The van der Waals surface area contributed by atoms with Gasteiger partial charge in [-0.25, -0.2) is 0 Å². The van der Waals surface area contributed by atoms with Gasteiger partial charge in [0.2, 0.25) is 0 Å². The van der Waals surface area contributed by atoms with E-state index in [0.29, 0.717) is 12.1 Å². The van der Waals surface area contributed by atoms with Crippen molar-refractivity contribution in [2.45, 2.75) is 59.5 Å². The first-order chi connectivity index (χ1) is 13.2. The molecule has 0 bridgehead atoms. The molecule has 1 fully saturated rings. The van der Waals surface area contributed by atoms with E-state index < -0.39 is 24.3 Å². The summed E-state index contributed by atoms with van der Waals surface area (Å²) in [5.74, 6) is -1.32. The number of methoxy groups -OCH3 is 1. The maximum Gasteiger partial charge on any atom is 0.394 e. The SMILES string of the molecule is COC1C=CC(C2CC(SNC3=CCC(C(F)(F)F)C(O)C3)SC2Cl)CC1O. The lowest BCUT2D eigenvalue weighted by atomic mass is 9.82. The quantitative estimate of drug-likeness (QED) is 0.328. The van der Waals surface area contributed by atoms with Crippen LogP contribution in [0.5, 0.6) is 0 Å². The maximum atomic E-state index is 12.8. The second kappa shape index (κ2) is 9.39. The van der Waals surface area contributed by atoms with Gasteiger partial charge in [0.05, 0.1) is 27.4 Å². The van der Waals surface area contributed by atoms with Crippen LogP contribution in [0.2, 0.25) is 0 Å². The Morgan fingerprint density at radius 3 is 2.61 bits per heavy atom. The van der Waals surface area contributed by atoms with Crippen LogP contribution in [-0.4, -0.2) is 51.1 Å². The first-order valence-corrected chi connectivity index (χ1v) is 11.5. The van der Waals surface area contributed by atoms with Crippen molar-refractivity contribution >= 4 is 35.3 Å². The number of hydrogen-bond donors (Lipinski definition) is 3. The smallest absolute Gasteiger partial charge is 0.392 e. The summed E-state index contributed by atoms with van der Waals surface area (Å²) in [5, 5.41) is 20.0. The van der Waals surface area contributed by atoms with Crippen LogP contribution in [0.1, 0.15) is 25.7 Å². The summed E-state index contributed by atoms with van der Waals surface area (Å²) in [6.45, 7) is 0. The highest BCUT2D eigenvalue weighted by atomic mass is 35.5. The molecule has 160 valence electrons. The van der Waals surface area contributed by atoms with Gasteiger partial charge in [-0.05, 0) is 43.0 Å². The summed E-state index contributed by atoms with van der Waals surface area (Å²) in [6.07, 6.45) is 0.0476. The van der Waals surface area contributed by atoms with Gasteiger partial charge in [0.1, 0.15) is 6.10 Å². The van der Waals surface area contributed by atoms with Gasteiger partial charge in [0, 0.05) is 19.2 Å². The first-order valence-electron chi connectivity index (χ1n) is 9.23. The molecular formula is C18H25ClF3NO3S2. The molecule has 10 heteroatoms. The molecule has 0 aromatic rings. The minimum absolute atomic E-state index is 0.0295. The highest BCUT2D eigenvalue weighted by molar-refractivity contribution is 8.17. The predicted octanol–water partition coefficient (Wildman–Crippen LogP) is 4.04. The van der Waals surface area contributed by atoms with Crippen LogP contribution in [0.3, 0.4) is 0 Å². The van der Waals surface area contributed by atoms with Crippen LogP contribution in [0.15, 0.2) is 23.9 Å². The van der Waals surface area contributed by atoms with Crippen molar-refractivity contribution in [3.63, 3.8) is 0 Å². The summed E-state index contributed by atoms with van der Waals surface area (Å²) in [6, 6.07) is 0. The zero-order valence-corrected chi connectivity index (χ0v) is 17.7. The van der Waals surface area contributed by atoms with Crippen LogP contribution < -0.4 is 4.72 Å². The summed E-state index contributed by atoms with van der Waals surface area (Å²) in [5.41, 5.74) is 0.629. The zero-order valence-electron chi connectivity index (χ0n) is 15.3. The molecule has 0 saturated carbocycles. The number of allylic oxidation sites excluding steroid dienone is 2. The van der Waals surface area contributed by atoms with Crippen molar-refractivity contribution in [2.75, 3.05) is 7.11 Å². The summed E-state index contributed by atoms with van der Waals surface area (Å²) >= 11 is 9.59. The Morgan fingerprint density at radius 2 is 2.00 bits per heavy atom. The van der Waals surface area contributed by atoms with Crippen LogP contribution >= 0.6 is 35.3 Å². The predicted molar refractivity (Wildman–Crippen MR) is 107 cm³/mol. The van der Waals surface area contributed by atoms with E-state index in [9.17, 15) is 23.4 Å². The Kier molecular flexibility index (Phi) is 7.59. The number of aliphatic hydroxyl groups is 2. The second-order valence-electron chi connectivity index (χ2n) is 7.47. The van der Waals surface area contributed by atoms with E-state index >= 15 is 0 Å². The number of aliphatic hydroxyl groups excluding tert-OH is 2. The molecular weight excluding hydrogens is 435 g/mol. The van der Waals surface area contributed by atoms with Gasteiger partial charge in [0.15, 0.2) is 0 Å². The van der Waals surface area contributed by atoms with Crippen molar-refractivity contribution in [2.24, 2.45) is 17.8 Å². The Balaban J connectivity index is 1.50. The number of halogens is 4. The molecule has 2 aliphatic carbocycles. The van der Waals surface area contributed by atoms with Crippen LogP contribution in [-0.2, 0) is 4.74 Å². The van der Waals surface area contributed by atoms with E-state index in [1.165, 1.54) is 18.0 Å². The second-order valence-corrected chi connectivity index (χ2v) is 10.9. The van der Waals surface area contributed by atoms with Crippen LogP contribution in [0, 0.1) is 17.8 Å². The Hall–Kier alpha value is -0.0600. The molecule has 1 aliphatic heterocycles. The van der Waals surface area contributed by atoms with E-state index in [1.54, 1.807) is 18.9 Å². The van der Waals surface area contributed by atoms with Gasteiger partial charge in [-0.2, -0.15) is 13.2 Å². The van der Waals surface area contributed by atoms with Crippen molar-refractivity contribution < 1.29 is 28.1 Å². The topological polar surface area (TPSA) is 61.7 Å². The highest BCUT2D eigenvalue weighted by Crippen LogP contribution is 2.50. The molecule has 1 saturated heterocycles. The van der Waals surface area contributed by atoms with Gasteiger partial charge in [0.25, 0.3) is 0 Å². The molecule has 28 heavy (non-hydrogen) atoms. The van der Waals surface area contributed by atoms with E-state index in [4.69, 9.17) is 16.3 Å². The fraction of sp³-hybridized carbons (Fsp3) is 0.778. The summed E-state index contributed by atoms with van der Waals surface area (Å²) in [4.78, 5) is 0. The van der Waals surface area contributed by atoms with Crippen LogP contribution in [0.25, 0.3) is 0 Å². The van der Waals surface area contributed by atoms with Gasteiger partial charge in [-0.1, -0.05) is 18.2 Å². The third-order valence-corrected chi connectivity index (χ3v) is 8.79. The average molecular weight is 460 g/mol. The first kappa shape index (κ1) is 22.6. The fourth-order valence-corrected chi connectivity index (χ4v) is 7.43. The fourth-order valence-electron chi connectivity index (χ4n) is 3.95. The van der Waals surface area contributed by atoms with Crippen molar-refractivity contribution in [1.82, 2.24) is 4.72 Å². The highest BCUT2D eigenvalue weighted by Gasteiger charge is 2.45. The zero-order chi connectivity index (χ0) is 20.5. The summed E-state index contributed by atoms with van der Waals surface area (Å²) in [7, 11) is 1.57. The monoisotopic (exact) mass is 459 g/mol. The van der Waals surface area contributed by atoms with Crippen molar-refractivity contribution in [3.8, 4) is 0 Å². The normalized spacial score (nSPS) is 41.8. The Morgan fingerprint density at radius 1 is 1.25 bits per heavy atom. The van der Waals surface area contributed by atoms with Gasteiger partial charge < -0.3 is 19.7 Å². The number of ether oxygens (including phenoxy) is 1. The Bertz CT molecular complexity index is 607. The van der Waals surface area contributed by atoms with Gasteiger partial charge >= 0.3 is 6.18 Å². The summed E-state index contributed by atoms with van der Waals surface area (Å²) < 4.78 is 46.9. The molecule has 0 spiro atoms. The third kappa shape index (κ3) is 5.35. The number of rotatable bonds is 5. The molecule has 8 unspecified atom stereocenters. The number of hydrogen-bond acceptors (Lipinski definition) is 6. The standard InChI is InChI=1S/C18H25ClF3NO3S2/c1-26-15-5-2-9(6-14(15)25)11-8-16(27-17(11)19)28-23-10-3-4-12(13(24)7-10)18(20,21)22/h2-3,5,9,11-17,23-25H,4,6-8H2,1H3. The lowest BCUT2D eigenvalue weighted by molar-refractivity contribution is -0.200. The molecule has 0 aromatic carbocycles. The van der Waals surface area contributed by atoms with E-state index in [-0.39, 0.29) is 40.1 Å². The lowest BCUT2D eigenvalue weighted by Crippen LogP contribution is -2.37. The molecule has 8 atom stereocenters. The maximum absolute atomic E-state index is 12.8. The van der Waals surface area contributed by atoms with E-state index in [0.717, 1.165) is 6.42 Å². The molecule has 0 aromatic heterocycles. The molecule has 0 radical (unpaired) electrons. The van der Waals surface area contributed by atoms with Crippen molar-refractivity contribution in [3.05, 3.63) is 23.9 Å². The van der Waals surface area contributed by atoms with Crippen LogP contribution in [0.4, 0.5) is 13.2 Å². The molecule has 3 N–H and O–H groups in total. The molecule has 4 nitrogen and oxygen atoms in total. The number of nitrogens with one attached hydrogen (secondary N) is 1. The largest absolute Gasteiger partial charge is 0.394 e. The third-order valence-electron chi connectivity index (χ3n) is 5.60. The van der Waals surface area contributed by atoms with Gasteiger partial charge in [-0.15, -0.1) is 23.4 Å². The number of alkyl halides is 4. The molecule has 3 rings (SSSR count). The minimum atomic E-state index is -4.38. The van der Waals surface area contributed by atoms with Crippen molar-refractivity contribution in [1.29, 1.82) is 0 Å². The molecule has 0 amide bonds. The Labute approximate surface area is 176 Å². The average Bonchev–Trinajstić information content (AvgIpc) is 2.99. The molecule has 1 heterocycles. The van der Waals surface area contributed by atoms with E-state index in [1.807, 2.05) is 6.08 Å². The lowest BCUT2D eigenvalue weighted by Gasteiger charge is -2.31. The minimum Gasteiger partial charge on any atom is -0.392 e.